The number of aliphatic hydroxyl groups is 8. The molecule has 4 saturated carbocycles. The first-order valence-corrected chi connectivity index (χ1v) is 15.1. The fourth-order valence-electron chi connectivity index (χ4n) is 10.5. The van der Waals surface area contributed by atoms with Crippen molar-refractivity contribution < 1.29 is 59.9 Å². The Morgan fingerprint density at radius 2 is 1.68 bits per heavy atom. The zero-order valence-electron chi connectivity index (χ0n) is 23.7. The molecule has 2 saturated heterocycles. The van der Waals surface area contributed by atoms with Crippen LogP contribution in [0.5, 0.6) is 0 Å². The zero-order valence-corrected chi connectivity index (χ0v) is 23.7. The number of hydrogen-bond acceptors (Lipinski definition) is 12. The first kappa shape index (κ1) is 30.1. The quantitative estimate of drug-likeness (QED) is 0.141. The largest absolute Gasteiger partial charge is 0.465 e. The monoisotopic (exact) mass is 586 g/mol. The van der Waals surface area contributed by atoms with E-state index in [1.165, 1.54) is 6.92 Å². The van der Waals surface area contributed by atoms with Crippen molar-refractivity contribution in [3.8, 4) is 0 Å². The molecule has 4 aliphatic carbocycles. The van der Waals surface area contributed by atoms with Gasteiger partial charge in [0.25, 0.3) is 0 Å². The van der Waals surface area contributed by atoms with E-state index in [-0.39, 0.29) is 49.9 Å². The van der Waals surface area contributed by atoms with Crippen molar-refractivity contribution in [3.63, 3.8) is 0 Å². The summed E-state index contributed by atoms with van der Waals surface area (Å²) in [5.41, 5.74) is -5.13. The van der Waals surface area contributed by atoms with Gasteiger partial charge in [-0.05, 0) is 50.9 Å². The summed E-state index contributed by atoms with van der Waals surface area (Å²) in [4.78, 5) is 11.9. The van der Waals surface area contributed by atoms with Crippen molar-refractivity contribution in [1.29, 1.82) is 0 Å². The highest BCUT2D eigenvalue weighted by atomic mass is 16.7. The third kappa shape index (κ3) is 4.05. The number of carbonyl (C=O) groups excluding carboxylic acids is 1. The Balaban J connectivity index is 1.27. The molecule has 8 N–H and O–H groups in total. The summed E-state index contributed by atoms with van der Waals surface area (Å²) in [6.45, 7) is 3.20. The van der Waals surface area contributed by atoms with Crippen molar-refractivity contribution in [3.05, 3.63) is 0 Å². The molecule has 234 valence electrons. The fraction of sp³-hybridized carbons (Fsp3) is 0.966. The number of aliphatic hydroxyl groups excluding tert-OH is 6. The molecule has 0 aromatic heterocycles. The minimum atomic E-state index is -1.66. The SMILES string of the molecule is C[C@@H]1O[C@@H](O[C@H]2C[C@@H](O)[C@]3(CO)[C@@H]4C(CC[C@]3(O)C2)[C@@]2(O)CC[C@H]([C@@H]3COC(=O)C3)[C@@]2(C)C[C@H]4O)[C@H](O)[C@H](O)[C@H]1O. The number of fused-ring (bicyclic) bond motifs is 5. The van der Waals surface area contributed by atoms with E-state index in [1.54, 1.807) is 0 Å². The normalized spacial score (nSPS) is 58.8. The maximum Gasteiger partial charge on any atom is 0.306 e. The molecule has 2 heterocycles. The lowest BCUT2D eigenvalue weighted by molar-refractivity contribution is -0.342. The van der Waals surface area contributed by atoms with E-state index in [2.05, 4.69) is 0 Å². The van der Waals surface area contributed by atoms with Gasteiger partial charge in [-0.1, -0.05) is 6.92 Å². The molecule has 6 aliphatic rings. The standard InChI is InChI=1S/C29H46O12/c1-13-22(34)23(35)24(36)25(40-13)41-15-8-19(32)28(12-30)21-17(3-5-27(28,37)9-15)29(38)6-4-16(14-7-20(33)39-11-14)26(29,2)10-18(21)31/h13-19,21-25,30-32,34-38H,3-12H2,1-2H3/t13-,14-,15-,16+,17?,18+,19+,21+,22-,23+,24+,25-,26+,27-,28+,29-/m0/s1. The van der Waals surface area contributed by atoms with Crippen molar-refractivity contribution in [2.45, 2.75) is 125 Å². The molecular weight excluding hydrogens is 540 g/mol. The molecule has 0 radical (unpaired) electrons. The number of carbonyl (C=O) groups is 1. The smallest absolute Gasteiger partial charge is 0.306 e. The van der Waals surface area contributed by atoms with Gasteiger partial charge < -0.3 is 55.1 Å². The number of rotatable bonds is 4. The van der Waals surface area contributed by atoms with Crippen LogP contribution in [0.4, 0.5) is 0 Å². The van der Waals surface area contributed by atoms with Crippen LogP contribution in [0.15, 0.2) is 0 Å². The van der Waals surface area contributed by atoms with Gasteiger partial charge in [0.1, 0.15) is 18.3 Å². The van der Waals surface area contributed by atoms with Gasteiger partial charge in [-0.25, -0.2) is 0 Å². The van der Waals surface area contributed by atoms with Crippen LogP contribution >= 0.6 is 0 Å². The molecule has 0 amide bonds. The summed E-state index contributed by atoms with van der Waals surface area (Å²) in [5.74, 6) is -1.63. The second-order valence-electron chi connectivity index (χ2n) is 14.2. The van der Waals surface area contributed by atoms with Crippen LogP contribution in [-0.4, -0.2) is 120 Å². The summed E-state index contributed by atoms with van der Waals surface area (Å²) in [7, 11) is 0. The van der Waals surface area contributed by atoms with Crippen LogP contribution in [0.25, 0.3) is 0 Å². The lowest BCUT2D eigenvalue weighted by Gasteiger charge is -2.68. The average Bonchev–Trinajstić information content (AvgIpc) is 3.45. The first-order chi connectivity index (χ1) is 19.2. The van der Waals surface area contributed by atoms with Gasteiger partial charge in [0.15, 0.2) is 6.29 Å². The maximum absolute atomic E-state index is 12.4. The predicted octanol–water partition coefficient (Wildman–Crippen LogP) is -1.44. The third-order valence-electron chi connectivity index (χ3n) is 12.6. The number of ether oxygens (including phenoxy) is 3. The van der Waals surface area contributed by atoms with E-state index >= 15 is 0 Å². The Bertz CT molecular complexity index is 1030. The molecule has 0 bridgehead atoms. The van der Waals surface area contributed by atoms with Crippen LogP contribution in [0.2, 0.25) is 0 Å². The fourth-order valence-corrected chi connectivity index (χ4v) is 10.5. The van der Waals surface area contributed by atoms with Crippen molar-refractivity contribution in [1.82, 2.24) is 0 Å². The molecule has 0 aromatic carbocycles. The minimum Gasteiger partial charge on any atom is -0.465 e. The Labute approximate surface area is 239 Å². The van der Waals surface area contributed by atoms with Gasteiger partial charge in [-0.2, -0.15) is 0 Å². The highest BCUT2D eigenvalue weighted by molar-refractivity contribution is 5.71. The van der Waals surface area contributed by atoms with Crippen molar-refractivity contribution >= 4 is 5.97 Å². The van der Waals surface area contributed by atoms with Crippen LogP contribution in [0.3, 0.4) is 0 Å². The summed E-state index contributed by atoms with van der Waals surface area (Å²) >= 11 is 0. The highest BCUT2D eigenvalue weighted by Gasteiger charge is 2.75. The summed E-state index contributed by atoms with van der Waals surface area (Å²) in [6, 6.07) is 0. The number of hydrogen-bond donors (Lipinski definition) is 8. The molecule has 0 aromatic rings. The average molecular weight is 587 g/mol. The van der Waals surface area contributed by atoms with Crippen LogP contribution in [0.1, 0.15) is 65.2 Å². The van der Waals surface area contributed by atoms with Crippen molar-refractivity contribution in [2.75, 3.05) is 13.2 Å². The summed E-state index contributed by atoms with van der Waals surface area (Å²) in [6.07, 6.45) is -7.60. The molecule has 0 spiro atoms. The molecule has 41 heavy (non-hydrogen) atoms. The van der Waals surface area contributed by atoms with Gasteiger partial charge in [0.2, 0.25) is 0 Å². The maximum atomic E-state index is 12.4. The lowest BCUT2D eigenvalue weighted by atomic mass is 9.40. The van der Waals surface area contributed by atoms with E-state index in [0.717, 1.165) is 0 Å². The molecule has 16 atom stereocenters. The van der Waals surface area contributed by atoms with Gasteiger partial charge >= 0.3 is 5.97 Å². The molecule has 6 fully saturated rings. The lowest BCUT2D eigenvalue weighted by Crippen LogP contribution is -2.76. The van der Waals surface area contributed by atoms with Gasteiger partial charge in [-0.15, -0.1) is 0 Å². The minimum absolute atomic E-state index is 0.0278. The Hall–Kier alpha value is -0.930. The number of esters is 1. The third-order valence-corrected chi connectivity index (χ3v) is 12.6. The van der Waals surface area contributed by atoms with Crippen LogP contribution in [0, 0.1) is 34.5 Å². The Morgan fingerprint density at radius 3 is 2.34 bits per heavy atom. The van der Waals surface area contributed by atoms with Gasteiger partial charge in [0.05, 0.1) is 60.7 Å². The van der Waals surface area contributed by atoms with Crippen LogP contribution < -0.4 is 0 Å². The van der Waals surface area contributed by atoms with Crippen LogP contribution in [-0.2, 0) is 19.0 Å². The molecule has 6 rings (SSSR count). The molecule has 1 unspecified atom stereocenters. The predicted molar refractivity (Wildman–Crippen MR) is 139 cm³/mol. The van der Waals surface area contributed by atoms with E-state index in [1.807, 2.05) is 6.92 Å². The molecule has 12 heteroatoms. The van der Waals surface area contributed by atoms with E-state index in [4.69, 9.17) is 14.2 Å². The molecular formula is C29H46O12. The Kier molecular flexibility index (Phi) is 7.38. The van der Waals surface area contributed by atoms with Gasteiger partial charge in [0, 0.05) is 30.1 Å². The first-order valence-electron chi connectivity index (χ1n) is 15.1. The zero-order chi connectivity index (χ0) is 29.7. The molecule has 2 aliphatic heterocycles. The second-order valence-corrected chi connectivity index (χ2v) is 14.2. The number of cyclic esters (lactones) is 1. The van der Waals surface area contributed by atoms with Gasteiger partial charge in [-0.3, -0.25) is 4.79 Å². The summed E-state index contributed by atoms with van der Waals surface area (Å²) < 4.78 is 16.8. The summed E-state index contributed by atoms with van der Waals surface area (Å²) in [5, 5.41) is 89.7. The van der Waals surface area contributed by atoms with E-state index in [9.17, 15) is 45.6 Å². The Morgan fingerprint density at radius 1 is 0.976 bits per heavy atom. The second kappa shape index (κ2) is 10.0. The highest BCUT2D eigenvalue weighted by Crippen LogP contribution is 2.71. The van der Waals surface area contributed by atoms with E-state index < -0.39 is 89.5 Å². The topological polar surface area (TPSA) is 207 Å². The van der Waals surface area contributed by atoms with Crippen molar-refractivity contribution in [2.24, 2.45) is 34.5 Å². The molecule has 12 nitrogen and oxygen atoms in total. The van der Waals surface area contributed by atoms with E-state index in [0.29, 0.717) is 25.9 Å².